The van der Waals surface area contributed by atoms with Gasteiger partial charge in [0.2, 0.25) is 11.7 Å². The number of aliphatic hydroxyl groups is 2. The van der Waals surface area contributed by atoms with Crippen molar-refractivity contribution in [2.24, 2.45) is 0 Å². The van der Waals surface area contributed by atoms with Gasteiger partial charge in [0.15, 0.2) is 0 Å². The Labute approximate surface area is 211 Å². The molecule has 194 valence electrons. The number of nitrogens with zero attached hydrogens (tertiary/aromatic N) is 3. The number of hydrogen-bond acceptors (Lipinski definition) is 9. The van der Waals surface area contributed by atoms with Crippen molar-refractivity contribution in [2.75, 3.05) is 33.4 Å². The van der Waals surface area contributed by atoms with E-state index in [-0.39, 0.29) is 6.61 Å². The quantitative estimate of drug-likeness (QED) is 0.322. The maximum Gasteiger partial charge on any atom is 0.258 e. The van der Waals surface area contributed by atoms with Gasteiger partial charge in [-0.1, -0.05) is 24.9 Å². The lowest BCUT2D eigenvalue weighted by Gasteiger charge is -2.15. The number of nitrogens with one attached hydrogen (secondary N) is 1. The molecule has 0 radical (unpaired) electrons. The van der Waals surface area contributed by atoms with E-state index in [1.165, 1.54) is 12.8 Å². The molecule has 1 saturated carbocycles. The first-order valence-corrected chi connectivity index (χ1v) is 12.7. The molecule has 9 nitrogen and oxygen atoms in total. The van der Waals surface area contributed by atoms with Crippen LogP contribution in [0.4, 0.5) is 0 Å². The van der Waals surface area contributed by atoms with E-state index in [0.717, 1.165) is 53.0 Å². The molecule has 9 heteroatoms. The Morgan fingerprint density at radius 3 is 2.67 bits per heavy atom. The zero-order valence-corrected chi connectivity index (χ0v) is 21.3. The van der Waals surface area contributed by atoms with Crippen LogP contribution in [0.2, 0.25) is 0 Å². The van der Waals surface area contributed by atoms with Crippen LogP contribution in [-0.4, -0.2) is 64.9 Å². The number of benzene rings is 1. The molecule has 3 aromatic rings. The summed E-state index contributed by atoms with van der Waals surface area (Å²) in [6.07, 6.45) is 4.76. The lowest BCUT2D eigenvalue weighted by atomic mass is 10.0. The fourth-order valence-corrected chi connectivity index (χ4v) is 4.65. The van der Waals surface area contributed by atoms with Crippen LogP contribution in [0.5, 0.6) is 11.6 Å². The first kappa shape index (κ1) is 26.1. The molecule has 4 rings (SSSR count). The Kier molecular flexibility index (Phi) is 8.90. The van der Waals surface area contributed by atoms with E-state index in [1.807, 2.05) is 31.2 Å². The molecule has 1 atom stereocenters. The Morgan fingerprint density at radius 1 is 1.14 bits per heavy atom. The van der Waals surface area contributed by atoms with E-state index in [0.29, 0.717) is 43.2 Å². The number of aromatic nitrogens is 3. The lowest BCUT2D eigenvalue weighted by molar-refractivity contribution is 0.0936. The second-order valence-electron chi connectivity index (χ2n) is 9.25. The maximum absolute atomic E-state index is 9.42. The summed E-state index contributed by atoms with van der Waals surface area (Å²) in [6.45, 7) is 5.16. The molecule has 1 fully saturated rings. The molecule has 0 spiro atoms. The summed E-state index contributed by atoms with van der Waals surface area (Å²) in [6, 6.07) is 7.92. The summed E-state index contributed by atoms with van der Waals surface area (Å²) in [5.74, 6) is 2.80. The van der Waals surface area contributed by atoms with Gasteiger partial charge < -0.3 is 29.5 Å². The van der Waals surface area contributed by atoms with E-state index in [9.17, 15) is 5.11 Å². The monoisotopic (exact) mass is 496 g/mol. The van der Waals surface area contributed by atoms with Crippen molar-refractivity contribution in [3.8, 4) is 34.5 Å². The third kappa shape index (κ3) is 6.21. The van der Waals surface area contributed by atoms with Crippen LogP contribution in [-0.2, 0) is 6.42 Å². The number of ether oxygens (including phenoxy) is 2. The van der Waals surface area contributed by atoms with Gasteiger partial charge in [0, 0.05) is 41.9 Å². The topological polar surface area (TPSA) is 123 Å². The molecule has 1 aliphatic rings. The van der Waals surface area contributed by atoms with E-state index in [4.69, 9.17) is 24.1 Å². The maximum atomic E-state index is 9.42. The van der Waals surface area contributed by atoms with Crippen molar-refractivity contribution in [1.82, 2.24) is 20.4 Å². The van der Waals surface area contributed by atoms with Crippen molar-refractivity contribution in [1.29, 1.82) is 0 Å². The highest BCUT2D eigenvalue weighted by molar-refractivity contribution is 5.64. The second-order valence-corrected chi connectivity index (χ2v) is 9.25. The van der Waals surface area contributed by atoms with Gasteiger partial charge in [-0.15, -0.1) is 0 Å². The predicted octanol–water partition coefficient (Wildman–Crippen LogP) is 3.66. The van der Waals surface area contributed by atoms with Gasteiger partial charge in [0.25, 0.3) is 5.89 Å². The molecule has 36 heavy (non-hydrogen) atoms. The fourth-order valence-electron chi connectivity index (χ4n) is 4.65. The molecule has 1 aromatic carbocycles. The number of hydrogen-bond donors (Lipinski definition) is 3. The molecular formula is C27H36N4O5. The third-order valence-corrected chi connectivity index (χ3v) is 6.58. The van der Waals surface area contributed by atoms with Crippen LogP contribution in [0, 0.1) is 6.92 Å². The summed E-state index contributed by atoms with van der Waals surface area (Å²) in [7, 11) is 1.62. The zero-order chi connectivity index (χ0) is 25.5. The van der Waals surface area contributed by atoms with Crippen molar-refractivity contribution < 1.29 is 24.2 Å². The van der Waals surface area contributed by atoms with E-state index in [1.54, 1.807) is 7.11 Å². The molecule has 2 heterocycles. The molecular weight excluding hydrogens is 460 g/mol. The van der Waals surface area contributed by atoms with Crippen LogP contribution in [0.1, 0.15) is 55.3 Å². The average molecular weight is 497 g/mol. The van der Waals surface area contributed by atoms with Gasteiger partial charge in [0.05, 0.1) is 19.8 Å². The molecule has 0 saturated heterocycles. The predicted molar refractivity (Wildman–Crippen MR) is 136 cm³/mol. The highest BCUT2D eigenvalue weighted by atomic mass is 16.5. The van der Waals surface area contributed by atoms with Gasteiger partial charge >= 0.3 is 0 Å². The number of aliphatic hydroxyl groups excluding tert-OH is 2. The Morgan fingerprint density at radius 2 is 1.94 bits per heavy atom. The molecule has 3 N–H and O–H groups in total. The van der Waals surface area contributed by atoms with Crippen LogP contribution >= 0.6 is 0 Å². The highest BCUT2D eigenvalue weighted by Crippen LogP contribution is 2.36. The summed E-state index contributed by atoms with van der Waals surface area (Å²) < 4.78 is 17.1. The summed E-state index contributed by atoms with van der Waals surface area (Å²) in [5.41, 5.74) is 4.75. The van der Waals surface area contributed by atoms with E-state index < -0.39 is 6.10 Å². The number of aryl methyl sites for hydroxylation is 2. The standard InChI is InChI=1S/C27H36N4O5/c1-4-18-12-20(11-17(2)25(18)35-10-9-28-15-22(33)16-32)26-30-27(36-31-26)21-13-23(19-7-5-6-8-19)29-24(14-21)34-3/h11-14,19,22,28,32-33H,4-10,15-16H2,1-3H3. The Bertz CT molecular complexity index is 1140. The second kappa shape index (κ2) is 12.3. The molecule has 1 unspecified atom stereocenters. The minimum Gasteiger partial charge on any atom is -0.492 e. The first-order valence-electron chi connectivity index (χ1n) is 12.7. The smallest absolute Gasteiger partial charge is 0.258 e. The van der Waals surface area contributed by atoms with Gasteiger partial charge in [-0.25, -0.2) is 4.98 Å². The first-order chi connectivity index (χ1) is 17.5. The van der Waals surface area contributed by atoms with Gasteiger partial charge in [-0.3, -0.25) is 0 Å². The molecule has 1 aliphatic carbocycles. The number of pyridine rings is 1. The summed E-state index contributed by atoms with van der Waals surface area (Å²) in [4.78, 5) is 9.36. The summed E-state index contributed by atoms with van der Waals surface area (Å²) >= 11 is 0. The fraction of sp³-hybridized carbons (Fsp3) is 0.519. The van der Waals surface area contributed by atoms with E-state index in [2.05, 4.69) is 22.4 Å². The Balaban J connectivity index is 1.51. The Hall–Kier alpha value is -3.01. The SMILES string of the molecule is CCc1cc(-c2noc(-c3cc(OC)nc(C4CCCC4)c3)n2)cc(C)c1OCCNCC(O)CO. The van der Waals surface area contributed by atoms with Crippen molar-refractivity contribution >= 4 is 0 Å². The summed E-state index contributed by atoms with van der Waals surface area (Å²) in [5, 5.41) is 25.6. The zero-order valence-electron chi connectivity index (χ0n) is 21.3. The lowest BCUT2D eigenvalue weighted by Crippen LogP contribution is -2.32. The minimum atomic E-state index is -0.764. The molecule has 0 amide bonds. The number of rotatable bonds is 12. The van der Waals surface area contributed by atoms with Crippen LogP contribution < -0.4 is 14.8 Å². The highest BCUT2D eigenvalue weighted by Gasteiger charge is 2.22. The van der Waals surface area contributed by atoms with Crippen molar-refractivity contribution in [3.05, 3.63) is 41.1 Å². The van der Waals surface area contributed by atoms with Crippen LogP contribution in [0.15, 0.2) is 28.8 Å². The van der Waals surface area contributed by atoms with Crippen molar-refractivity contribution in [3.63, 3.8) is 0 Å². The average Bonchev–Trinajstić information content (AvgIpc) is 3.61. The van der Waals surface area contributed by atoms with E-state index >= 15 is 0 Å². The van der Waals surface area contributed by atoms with Gasteiger partial charge in [-0.2, -0.15) is 4.98 Å². The van der Waals surface area contributed by atoms with Crippen molar-refractivity contribution in [2.45, 2.75) is 58.0 Å². The van der Waals surface area contributed by atoms with Gasteiger partial charge in [0.1, 0.15) is 12.4 Å². The van der Waals surface area contributed by atoms with Crippen LogP contribution in [0.3, 0.4) is 0 Å². The normalized spacial score (nSPS) is 14.8. The van der Waals surface area contributed by atoms with Crippen LogP contribution in [0.25, 0.3) is 22.8 Å². The number of methoxy groups -OCH3 is 1. The molecule has 0 aliphatic heterocycles. The largest absolute Gasteiger partial charge is 0.492 e. The molecule has 0 bridgehead atoms. The third-order valence-electron chi connectivity index (χ3n) is 6.58. The molecule has 2 aromatic heterocycles. The van der Waals surface area contributed by atoms with Gasteiger partial charge in [-0.05, 0) is 55.5 Å². The minimum absolute atomic E-state index is 0.261.